The van der Waals surface area contributed by atoms with E-state index < -0.39 is 0 Å². The van der Waals surface area contributed by atoms with E-state index in [4.69, 9.17) is 4.74 Å². The van der Waals surface area contributed by atoms with Gasteiger partial charge < -0.3 is 4.74 Å². The molecule has 1 heterocycles. The van der Waals surface area contributed by atoms with E-state index in [-0.39, 0.29) is 0 Å². The topological polar surface area (TPSA) is 15.7 Å². The van der Waals surface area contributed by atoms with Gasteiger partial charge in [0.2, 0.25) is 0 Å². The molecule has 0 radical (unpaired) electrons. The number of hydrogen-bond acceptors (Lipinski definition) is 3. The van der Waals surface area contributed by atoms with Crippen LogP contribution in [-0.4, -0.2) is 66.1 Å². The van der Waals surface area contributed by atoms with Gasteiger partial charge in [0, 0.05) is 43.6 Å². The number of morpholine rings is 1. The van der Waals surface area contributed by atoms with Gasteiger partial charge in [0.15, 0.2) is 0 Å². The molecule has 1 saturated carbocycles. The van der Waals surface area contributed by atoms with Gasteiger partial charge in [-0.1, -0.05) is 22.4 Å². The van der Waals surface area contributed by atoms with Crippen molar-refractivity contribution in [2.24, 2.45) is 0 Å². The highest BCUT2D eigenvalue weighted by atomic mass is 79.9. The molecule has 2 aliphatic rings. The van der Waals surface area contributed by atoms with Crippen LogP contribution >= 0.6 is 15.9 Å². The Labute approximate surface area is 120 Å². The maximum Gasteiger partial charge on any atom is 0.0829 e. The van der Waals surface area contributed by atoms with Crippen LogP contribution in [0.3, 0.4) is 0 Å². The molecule has 1 atom stereocenters. The summed E-state index contributed by atoms with van der Waals surface area (Å²) in [5, 5.41) is 1.07. The fraction of sp³-hybridized carbons (Fsp3) is 1.00. The number of alkyl halides is 1. The lowest BCUT2D eigenvalue weighted by Crippen LogP contribution is -2.52. The van der Waals surface area contributed by atoms with Crippen molar-refractivity contribution in [3.05, 3.63) is 0 Å². The fourth-order valence-corrected chi connectivity index (χ4v) is 3.32. The van der Waals surface area contributed by atoms with Crippen LogP contribution in [0.1, 0.15) is 33.1 Å². The Morgan fingerprint density at radius 3 is 2.72 bits per heavy atom. The fourth-order valence-electron chi connectivity index (χ4n) is 2.87. The Hall–Kier alpha value is 0.360. The van der Waals surface area contributed by atoms with Crippen molar-refractivity contribution in [3.8, 4) is 0 Å². The minimum absolute atomic E-state index is 0.404. The normalized spacial score (nSPS) is 26.8. The van der Waals surface area contributed by atoms with Crippen molar-refractivity contribution in [3.63, 3.8) is 0 Å². The first-order valence-corrected chi connectivity index (χ1v) is 8.48. The predicted molar refractivity (Wildman–Crippen MR) is 79.5 cm³/mol. The van der Waals surface area contributed by atoms with Crippen molar-refractivity contribution in [1.29, 1.82) is 0 Å². The van der Waals surface area contributed by atoms with Crippen LogP contribution in [-0.2, 0) is 4.74 Å². The van der Waals surface area contributed by atoms with Gasteiger partial charge >= 0.3 is 0 Å². The Morgan fingerprint density at radius 2 is 2.17 bits per heavy atom. The lowest BCUT2D eigenvalue weighted by Gasteiger charge is -2.42. The number of nitrogens with zero attached hydrogens (tertiary/aromatic N) is 2. The van der Waals surface area contributed by atoms with E-state index in [0.29, 0.717) is 12.1 Å². The van der Waals surface area contributed by atoms with E-state index in [1.807, 2.05) is 0 Å². The summed E-state index contributed by atoms with van der Waals surface area (Å²) in [4.78, 5) is 5.17. The molecule has 1 aliphatic carbocycles. The lowest BCUT2D eigenvalue weighted by molar-refractivity contribution is -0.0602. The molecule has 0 spiro atoms. The zero-order chi connectivity index (χ0) is 13.0. The molecule has 0 aromatic heterocycles. The van der Waals surface area contributed by atoms with Crippen LogP contribution in [0.15, 0.2) is 0 Å². The quantitative estimate of drug-likeness (QED) is 0.699. The summed E-state index contributed by atoms with van der Waals surface area (Å²) in [5.41, 5.74) is 0. The number of ether oxygens (including phenoxy) is 1. The molecule has 2 fully saturated rings. The van der Waals surface area contributed by atoms with Gasteiger partial charge in [0.25, 0.3) is 0 Å². The van der Waals surface area contributed by atoms with Crippen LogP contribution < -0.4 is 0 Å². The Morgan fingerprint density at radius 1 is 1.39 bits per heavy atom. The van der Waals surface area contributed by atoms with Crippen LogP contribution in [0.25, 0.3) is 0 Å². The highest BCUT2D eigenvalue weighted by Gasteiger charge is 2.29. The second kappa shape index (κ2) is 7.22. The van der Waals surface area contributed by atoms with E-state index >= 15 is 0 Å². The molecular weight excluding hydrogens is 292 g/mol. The summed E-state index contributed by atoms with van der Waals surface area (Å²) in [6, 6.07) is 1.46. The molecule has 18 heavy (non-hydrogen) atoms. The molecule has 0 aromatic rings. The third-order valence-corrected chi connectivity index (χ3v) is 4.66. The lowest BCUT2D eigenvalue weighted by atomic mass is 9.91. The summed E-state index contributed by atoms with van der Waals surface area (Å²) < 4.78 is 5.96. The molecule has 0 amide bonds. The maximum absolute atomic E-state index is 5.96. The molecule has 2 rings (SSSR count). The first-order valence-electron chi connectivity index (χ1n) is 7.36. The minimum atomic E-state index is 0.404. The average molecular weight is 319 g/mol. The van der Waals surface area contributed by atoms with E-state index in [9.17, 15) is 0 Å². The maximum atomic E-state index is 5.96. The third kappa shape index (κ3) is 3.92. The van der Waals surface area contributed by atoms with Crippen LogP contribution in [0, 0.1) is 0 Å². The van der Waals surface area contributed by atoms with Crippen molar-refractivity contribution in [1.82, 2.24) is 9.80 Å². The molecule has 0 N–H and O–H groups in total. The summed E-state index contributed by atoms with van der Waals surface area (Å²) in [6.07, 6.45) is 4.58. The van der Waals surface area contributed by atoms with Gasteiger partial charge in [0.05, 0.1) is 12.7 Å². The van der Waals surface area contributed by atoms with Gasteiger partial charge in [-0.3, -0.25) is 9.80 Å². The first-order chi connectivity index (χ1) is 8.70. The molecule has 4 heteroatoms. The van der Waals surface area contributed by atoms with Crippen LogP contribution in [0.5, 0.6) is 0 Å². The summed E-state index contributed by atoms with van der Waals surface area (Å²) >= 11 is 3.58. The van der Waals surface area contributed by atoms with E-state index in [1.165, 1.54) is 19.3 Å². The second-order valence-corrected chi connectivity index (χ2v) is 6.64. The molecule has 0 aromatic carbocycles. The van der Waals surface area contributed by atoms with Crippen LogP contribution in [0.2, 0.25) is 0 Å². The average Bonchev–Trinajstić information content (AvgIpc) is 2.27. The first kappa shape index (κ1) is 14.8. The minimum Gasteiger partial charge on any atom is -0.374 e. The van der Waals surface area contributed by atoms with Gasteiger partial charge in [-0.05, 0) is 26.7 Å². The van der Waals surface area contributed by atoms with Crippen molar-refractivity contribution >= 4 is 15.9 Å². The molecule has 3 nitrogen and oxygen atoms in total. The number of rotatable bonds is 6. The summed E-state index contributed by atoms with van der Waals surface area (Å²) in [7, 11) is 0. The smallest absolute Gasteiger partial charge is 0.0829 e. The Balaban J connectivity index is 1.81. The Kier molecular flexibility index (Phi) is 5.93. The van der Waals surface area contributed by atoms with Gasteiger partial charge in [0.1, 0.15) is 0 Å². The van der Waals surface area contributed by atoms with Crippen molar-refractivity contribution in [2.45, 2.75) is 51.3 Å². The predicted octanol–water partition coefficient (Wildman–Crippen LogP) is 2.35. The molecule has 1 aliphatic heterocycles. The van der Waals surface area contributed by atoms with Crippen molar-refractivity contribution in [2.75, 3.05) is 38.1 Å². The van der Waals surface area contributed by atoms with E-state index in [0.717, 1.165) is 44.2 Å². The Bertz CT molecular complexity index is 246. The van der Waals surface area contributed by atoms with Crippen LogP contribution in [0.4, 0.5) is 0 Å². The standard InChI is InChI=1S/C14H27BrN2O/c1-12(2)16-8-9-18-14(10-16)11-17(7-6-15)13-4-3-5-13/h12-14H,3-11H2,1-2H3. The molecule has 1 unspecified atom stereocenters. The third-order valence-electron chi connectivity index (χ3n) is 4.30. The van der Waals surface area contributed by atoms with E-state index in [1.54, 1.807) is 0 Å². The van der Waals surface area contributed by atoms with Gasteiger partial charge in [-0.2, -0.15) is 0 Å². The van der Waals surface area contributed by atoms with Gasteiger partial charge in [-0.15, -0.1) is 0 Å². The van der Waals surface area contributed by atoms with Gasteiger partial charge in [-0.25, -0.2) is 0 Å². The highest BCUT2D eigenvalue weighted by Crippen LogP contribution is 2.25. The van der Waals surface area contributed by atoms with E-state index in [2.05, 4.69) is 39.6 Å². The highest BCUT2D eigenvalue weighted by molar-refractivity contribution is 9.09. The molecule has 0 bridgehead atoms. The monoisotopic (exact) mass is 318 g/mol. The number of hydrogen-bond donors (Lipinski definition) is 0. The number of halogens is 1. The molecule has 106 valence electrons. The molecular formula is C14H27BrN2O. The zero-order valence-electron chi connectivity index (χ0n) is 11.8. The molecule has 1 saturated heterocycles. The second-order valence-electron chi connectivity index (χ2n) is 5.85. The summed E-state index contributed by atoms with van der Waals surface area (Å²) in [6.45, 7) is 9.93. The largest absolute Gasteiger partial charge is 0.374 e. The zero-order valence-corrected chi connectivity index (χ0v) is 13.4. The van der Waals surface area contributed by atoms with Crippen molar-refractivity contribution < 1.29 is 4.74 Å². The summed E-state index contributed by atoms with van der Waals surface area (Å²) in [5.74, 6) is 0. The SMILES string of the molecule is CC(C)N1CCOC(CN(CCBr)C2CCC2)C1.